The lowest BCUT2D eigenvalue weighted by atomic mass is 10.1. The lowest BCUT2D eigenvalue weighted by Crippen LogP contribution is -2.30. The number of ether oxygens (including phenoxy) is 2. The van der Waals surface area contributed by atoms with Gasteiger partial charge in [0.1, 0.15) is 5.75 Å². The summed E-state index contributed by atoms with van der Waals surface area (Å²) >= 11 is 0. The van der Waals surface area contributed by atoms with E-state index in [1.165, 1.54) is 12.1 Å². The summed E-state index contributed by atoms with van der Waals surface area (Å²) in [4.78, 5) is 12.3. The summed E-state index contributed by atoms with van der Waals surface area (Å²) in [6, 6.07) is 10.9. The topological polar surface area (TPSA) is 81.7 Å². The van der Waals surface area contributed by atoms with Crippen LogP contribution in [0.1, 0.15) is 28.4 Å². The Labute approximate surface area is 140 Å². The zero-order chi connectivity index (χ0) is 17.2. The number of carbonyl (C=O) groups is 1. The van der Waals surface area contributed by atoms with E-state index in [0.717, 1.165) is 11.1 Å². The third kappa shape index (κ3) is 3.42. The van der Waals surface area contributed by atoms with E-state index in [1.807, 2.05) is 6.92 Å². The largest absolute Gasteiger partial charge is 0.494 e. The average Bonchev–Trinajstić information content (AvgIpc) is 3.03. The maximum atomic E-state index is 12.3. The van der Waals surface area contributed by atoms with Gasteiger partial charge in [-0.1, -0.05) is 6.07 Å². The van der Waals surface area contributed by atoms with Crippen LogP contribution in [0, 0.1) is 0 Å². The van der Waals surface area contributed by atoms with Crippen LogP contribution in [0.3, 0.4) is 0 Å². The average molecular weight is 347 g/mol. The first-order chi connectivity index (χ1) is 11.5. The second kappa shape index (κ2) is 6.62. The molecule has 1 aliphatic heterocycles. The standard InChI is InChI=1S/C17H17NO5S/c1-2-23-15-5-7-16(8-6-15)24(20,21)18-17(19)12-3-4-13-10-22-11-14(13)9-12/h3-9H,2,10-11H2,1H3,(H,18,19). The SMILES string of the molecule is CCOc1ccc(S(=O)(=O)NC(=O)c2ccc3c(c2)COC3)cc1. The second-order valence-electron chi connectivity index (χ2n) is 5.32. The second-order valence-corrected chi connectivity index (χ2v) is 7.00. The van der Waals surface area contributed by atoms with Gasteiger partial charge in [-0.25, -0.2) is 13.1 Å². The minimum absolute atomic E-state index is 0.00352. The molecule has 6 nitrogen and oxygen atoms in total. The molecule has 1 heterocycles. The van der Waals surface area contributed by atoms with Gasteiger partial charge >= 0.3 is 0 Å². The van der Waals surface area contributed by atoms with Gasteiger partial charge in [-0.2, -0.15) is 0 Å². The maximum Gasteiger partial charge on any atom is 0.265 e. The maximum absolute atomic E-state index is 12.3. The van der Waals surface area contributed by atoms with Crippen molar-refractivity contribution in [1.82, 2.24) is 4.72 Å². The number of carbonyl (C=O) groups excluding carboxylic acids is 1. The van der Waals surface area contributed by atoms with Crippen LogP contribution < -0.4 is 9.46 Å². The van der Waals surface area contributed by atoms with Crippen LogP contribution in [0.25, 0.3) is 0 Å². The van der Waals surface area contributed by atoms with Crippen LogP contribution in [0.4, 0.5) is 0 Å². The Morgan fingerprint density at radius 1 is 1.12 bits per heavy atom. The quantitative estimate of drug-likeness (QED) is 0.897. The molecule has 0 unspecified atom stereocenters. The van der Waals surface area contributed by atoms with E-state index in [-0.39, 0.29) is 10.5 Å². The highest BCUT2D eigenvalue weighted by atomic mass is 32.2. The molecular formula is C17H17NO5S. The summed E-state index contributed by atoms with van der Waals surface area (Å²) in [5, 5.41) is 0. The van der Waals surface area contributed by atoms with Crippen molar-refractivity contribution in [1.29, 1.82) is 0 Å². The summed E-state index contributed by atoms with van der Waals surface area (Å²) in [6.45, 7) is 3.28. The molecule has 0 saturated heterocycles. The van der Waals surface area contributed by atoms with Crippen molar-refractivity contribution in [2.24, 2.45) is 0 Å². The summed E-state index contributed by atoms with van der Waals surface area (Å²) in [6.07, 6.45) is 0. The zero-order valence-corrected chi connectivity index (χ0v) is 13.9. The molecule has 0 spiro atoms. The van der Waals surface area contributed by atoms with Gasteiger partial charge in [0.2, 0.25) is 0 Å². The number of hydrogen-bond donors (Lipinski definition) is 1. The Morgan fingerprint density at radius 2 is 1.83 bits per heavy atom. The molecule has 0 bridgehead atoms. The van der Waals surface area contributed by atoms with Gasteiger partial charge in [-0.15, -0.1) is 0 Å². The first-order valence-corrected chi connectivity index (χ1v) is 8.97. The molecule has 0 fully saturated rings. The highest BCUT2D eigenvalue weighted by Gasteiger charge is 2.20. The molecule has 2 aromatic rings. The molecule has 1 N–H and O–H groups in total. The number of hydrogen-bond acceptors (Lipinski definition) is 5. The van der Waals surface area contributed by atoms with E-state index in [4.69, 9.17) is 9.47 Å². The molecule has 24 heavy (non-hydrogen) atoms. The van der Waals surface area contributed by atoms with E-state index >= 15 is 0 Å². The highest BCUT2D eigenvalue weighted by molar-refractivity contribution is 7.90. The van der Waals surface area contributed by atoms with Gasteiger partial charge in [-0.3, -0.25) is 4.79 Å². The number of benzene rings is 2. The number of sulfonamides is 1. The van der Waals surface area contributed by atoms with Crippen LogP contribution in [-0.4, -0.2) is 20.9 Å². The van der Waals surface area contributed by atoms with Gasteiger partial charge in [0.15, 0.2) is 0 Å². The minimum atomic E-state index is -3.94. The van der Waals surface area contributed by atoms with Gasteiger partial charge < -0.3 is 9.47 Å². The van der Waals surface area contributed by atoms with E-state index < -0.39 is 15.9 Å². The van der Waals surface area contributed by atoms with Gasteiger partial charge in [0.05, 0.1) is 24.7 Å². The van der Waals surface area contributed by atoms with E-state index in [9.17, 15) is 13.2 Å². The molecule has 0 aromatic heterocycles. The molecule has 1 aliphatic rings. The summed E-state index contributed by atoms with van der Waals surface area (Å²) in [5.74, 6) is -0.0972. The minimum Gasteiger partial charge on any atom is -0.494 e. The number of fused-ring (bicyclic) bond motifs is 1. The molecule has 0 aliphatic carbocycles. The Kier molecular flexibility index (Phi) is 4.55. The Balaban J connectivity index is 1.77. The monoisotopic (exact) mass is 347 g/mol. The van der Waals surface area contributed by atoms with Gasteiger partial charge in [0.25, 0.3) is 15.9 Å². The molecule has 126 valence electrons. The molecule has 3 rings (SSSR count). The van der Waals surface area contributed by atoms with Crippen molar-refractivity contribution in [3.05, 3.63) is 59.2 Å². The predicted octanol–water partition coefficient (Wildman–Crippen LogP) is 2.23. The van der Waals surface area contributed by atoms with Crippen LogP contribution in [-0.2, 0) is 28.0 Å². The molecular weight excluding hydrogens is 330 g/mol. The Hall–Kier alpha value is -2.38. The summed E-state index contributed by atoms with van der Waals surface area (Å²) in [7, 11) is -3.94. The fourth-order valence-electron chi connectivity index (χ4n) is 2.43. The number of nitrogens with one attached hydrogen (secondary N) is 1. The molecule has 1 amide bonds. The van der Waals surface area contributed by atoms with Crippen LogP contribution in [0.2, 0.25) is 0 Å². The van der Waals surface area contributed by atoms with Crippen LogP contribution >= 0.6 is 0 Å². The molecule has 0 radical (unpaired) electrons. The lowest BCUT2D eigenvalue weighted by Gasteiger charge is -2.09. The Bertz CT molecular complexity index is 859. The van der Waals surface area contributed by atoms with Crippen molar-refractivity contribution in [3.63, 3.8) is 0 Å². The Morgan fingerprint density at radius 3 is 2.54 bits per heavy atom. The smallest absolute Gasteiger partial charge is 0.265 e. The molecule has 0 atom stereocenters. The van der Waals surface area contributed by atoms with Crippen molar-refractivity contribution in [2.75, 3.05) is 6.61 Å². The third-order valence-corrected chi connectivity index (χ3v) is 5.00. The lowest BCUT2D eigenvalue weighted by molar-refractivity contribution is 0.0981. The van der Waals surface area contributed by atoms with Crippen LogP contribution in [0.5, 0.6) is 5.75 Å². The normalized spacial score (nSPS) is 13.4. The first kappa shape index (κ1) is 16.5. The third-order valence-electron chi connectivity index (χ3n) is 3.66. The number of rotatable bonds is 5. The molecule has 7 heteroatoms. The van der Waals surface area contributed by atoms with Crippen molar-refractivity contribution in [3.8, 4) is 5.75 Å². The first-order valence-electron chi connectivity index (χ1n) is 7.49. The highest BCUT2D eigenvalue weighted by Crippen LogP contribution is 2.21. The van der Waals surface area contributed by atoms with Crippen molar-refractivity contribution in [2.45, 2.75) is 25.0 Å². The van der Waals surface area contributed by atoms with Crippen molar-refractivity contribution >= 4 is 15.9 Å². The van der Waals surface area contributed by atoms with E-state index in [2.05, 4.69) is 4.72 Å². The fraction of sp³-hybridized carbons (Fsp3) is 0.235. The van der Waals surface area contributed by atoms with E-state index in [0.29, 0.717) is 25.6 Å². The molecule has 0 saturated carbocycles. The predicted molar refractivity (Wildman–Crippen MR) is 87.2 cm³/mol. The van der Waals surface area contributed by atoms with Crippen molar-refractivity contribution < 1.29 is 22.7 Å². The van der Waals surface area contributed by atoms with Gasteiger partial charge in [-0.05, 0) is 54.4 Å². The summed E-state index contributed by atoms with van der Waals surface area (Å²) in [5.41, 5.74) is 2.20. The molecule has 2 aromatic carbocycles. The zero-order valence-electron chi connectivity index (χ0n) is 13.1. The number of amides is 1. The van der Waals surface area contributed by atoms with E-state index in [1.54, 1.807) is 30.3 Å². The van der Waals surface area contributed by atoms with Gasteiger partial charge in [0, 0.05) is 5.56 Å². The fourth-order valence-corrected chi connectivity index (χ4v) is 3.41. The summed E-state index contributed by atoms with van der Waals surface area (Å²) < 4.78 is 37.3. The van der Waals surface area contributed by atoms with Crippen LogP contribution in [0.15, 0.2) is 47.4 Å².